The van der Waals surface area contributed by atoms with Crippen molar-refractivity contribution in [2.45, 2.75) is 33.1 Å². The van der Waals surface area contributed by atoms with Crippen LogP contribution in [-0.4, -0.2) is 60.9 Å². The van der Waals surface area contributed by atoms with Gasteiger partial charge in [-0.2, -0.15) is 0 Å². The van der Waals surface area contributed by atoms with Crippen LogP contribution in [0.3, 0.4) is 0 Å². The zero-order valence-electron chi connectivity index (χ0n) is 11.6. The number of hydrogen-bond donors (Lipinski definition) is 1. The Morgan fingerprint density at radius 3 is 2.67 bits per heavy atom. The quantitative estimate of drug-likeness (QED) is 0.641. The third-order valence-corrected chi connectivity index (χ3v) is 3.36. The number of likely N-dealkylation sites (tertiary alicyclic amines) is 1. The van der Waals surface area contributed by atoms with Gasteiger partial charge in [-0.15, -0.1) is 0 Å². The van der Waals surface area contributed by atoms with E-state index < -0.39 is 0 Å². The molecule has 0 unspecified atom stereocenters. The molecule has 0 spiro atoms. The summed E-state index contributed by atoms with van der Waals surface area (Å²) in [5, 5.41) is 2.90. The fraction of sp³-hybridized carbons (Fsp3) is 0.846. The number of carbonyl (C=O) groups excluding carboxylic acids is 2. The smallest absolute Gasteiger partial charge is 0.234 e. The minimum absolute atomic E-state index is 0.0754. The maximum Gasteiger partial charge on any atom is 0.234 e. The summed E-state index contributed by atoms with van der Waals surface area (Å²) in [4.78, 5) is 26.9. The molecule has 0 saturated carbocycles. The zero-order valence-corrected chi connectivity index (χ0v) is 11.6. The molecule has 0 aliphatic carbocycles. The molecule has 1 rings (SSSR count). The molecule has 18 heavy (non-hydrogen) atoms. The first-order valence-corrected chi connectivity index (χ1v) is 6.94. The molecule has 0 bridgehead atoms. The second-order valence-electron chi connectivity index (χ2n) is 4.65. The fourth-order valence-electron chi connectivity index (χ4n) is 2.14. The van der Waals surface area contributed by atoms with Crippen molar-refractivity contribution < 1.29 is 9.59 Å². The lowest BCUT2D eigenvalue weighted by atomic mass is 10.3. The van der Waals surface area contributed by atoms with Gasteiger partial charge in [-0.05, 0) is 25.9 Å². The van der Waals surface area contributed by atoms with Crippen LogP contribution in [0, 0.1) is 0 Å². The molecule has 1 fully saturated rings. The van der Waals surface area contributed by atoms with Gasteiger partial charge >= 0.3 is 0 Å². The average Bonchev–Trinajstić information content (AvgIpc) is 2.77. The second-order valence-corrected chi connectivity index (χ2v) is 4.65. The maximum absolute atomic E-state index is 11.6. The minimum Gasteiger partial charge on any atom is -0.355 e. The first-order chi connectivity index (χ1) is 8.67. The summed E-state index contributed by atoms with van der Waals surface area (Å²) < 4.78 is 0. The van der Waals surface area contributed by atoms with E-state index in [1.807, 2.05) is 4.90 Å². The van der Waals surface area contributed by atoms with Crippen molar-refractivity contribution in [2.24, 2.45) is 0 Å². The maximum atomic E-state index is 11.6. The normalized spacial score (nSPS) is 15.5. The highest BCUT2D eigenvalue weighted by molar-refractivity contribution is 5.78. The van der Waals surface area contributed by atoms with E-state index in [1.54, 1.807) is 0 Å². The first-order valence-electron chi connectivity index (χ1n) is 6.94. The molecule has 1 N–H and O–H groups in total. The molecule has 1 heterocycles. The molecule has 5 nitrogen and oxygen atoms in total. The Morgan fingerprint density at radius 1 is 1.39 bits per heavy atom. The SMILES string of the molecule is CCN(CC)CC(=O)NCCCN1CCCC1=O. The Kier molecular flexibility index (Phi) is 6.72. The number of likely N-dealkylation sites (N-methyl/N-ethyl adjacent to an activating group) is 1. The van der Waals surface area contributed by atoms with Gasteiger partial charge in [-0.1, -0.05) is 13.8 Å². The van der Waals surface area contributed by atoms with E-state index >= 15 is 0 Å². The number of amides is 2. The minimum atomic E-state index is 0.0754. The van der Waals surface area contributed by atoms with Crippen molar-refractivity contribution in [3.05, 3.63) is 0 Å². The van der Waals surface area contributed by atoms with Crippen molar-refractivity contribution in [3.8, 4) is 0 Å². The van der Waals surface area contributed by atoms with Gasteiger partial charge in [0, 0.05) is 26.1 Å². The van der Waals surface area contributed by atoms with Gasteiger partial charge in [0.2, 0.25) is 11.8 Å². The predicted octanol–water partition coefficient (Wildman–Crippen LogP) is 0.457. The third kappa shape index (κ3) is 5.04. The van der Waals surface area contributed by atoms with Crippen LogP contribution in [0.15, 0.2) is 0 Å². The number of carbonyl (C=O) groups is 2. The van der Waals surface area contributed by atoms with E-state index in [0.29, 0.717) is 19.5 Å². The summed E-state index contributed by atoms with van der Waals surface area (Å²) in [6.45, 7) is 8.67. The van der Waals surface area contributed by atoms with Crippen molar-refractivity contribution in [1.82, 2.24) is 15.1 Å². The molecule has 1 aliphatic rings. The van der Waals surface area contributed by atoms with Crippen molar-refractivity contribution in [1.29, 1.82) is 0 Å². The van der Waals surface area contributed by atoms with E-state index in [4.69, 9.17) is 0 Å². The van der Waals surface area contributed by atoms with Crippen molar-refractivity contribution in [2.75, 3.05) is 39.3 Å². The van der Waals surface area contributed by atoms with Gasteiger partial charge in [-0.25, -0.2) is 0 Å². The van der Waals surface area contributed by atoms with Gasteiger partial charge in [0.15, 0.2) is 0 Å². The number of nitrogens with zero attached hydrogens (tertiary/aromatic N) is 2. The van der Waals surface area contributed by atoms with Gasteiger partial charge < -0.3 is 10.2 Å². The third-order valence-electron chi connectivity index (χ3n) is 3.36. The van der Waals surface area contributed by atoms with Crippen LogP contribution < -0.4 is 5.32 Å². The summed E-state index contributed by atoms with van der Waals surface area (Å²) in [7, 11) is 0. The van der Waals surface area contributed by atoms with Crippen LogP contribution in [0.2, 0.25) is 0 Å². The lowest BCUT2D eigenvalue weighted by molar-refractivity contribution is -0.127. The second kappa shape index (κ2) is 8.08. The lowest BCUT2D eigenvalue weighted by Crippen LogP contribution is -2.38. The van der Waals surface area contributed by atoms with Crippen LogP contribution in [0.25, 0.3) is 0 Å². The van der Waals surface area contributed by atoms with Gasteiger partial charge in [0.05, 0.1) is 6.54 Å². The van der Waals surface area contributed by atoms with Crippen LogP contribution in [0.4, 0.5) is 0 Å². The lowest BCUT2D eigenvalue weighted by Gasteiger charge is -2.18. The molecular formula is C13H25N3O2. The average molecular weight is 255 g/mol. The van der Waals surface area contributed by atoms with E-state index in [2.05, 4.69) is 24.1 Å². The van der Waals surface area contributed by atoms with Crippen LogP contribution in [-0.2, 0) is 9.59 Å². The van der Waals surface area contributed by atoms with Crippen LogP contribution in [0.5, 0.6) is 0 Å². The molecule has 5 heteroatoms. The topological polar surface area (TPSA) is 52.7 Å². The monoisotopic (exact) mass is 255 g/mol. The highest BCUT2D eigenvalue weighted by atomic mass is 16.2. The molecule has 1 saturated heterocycles. The predicted molar refractivity (Wildman–Crippen MR) is 71.2 cm³/mol. The van der Waals surface area contributed by atoms with Gasteiger partial charge in [0.1, 0.15) is 0 Å². The standard InChI is InChI=1S/C13H25N3O2/c1-3-15(4-2)11-12(17)14-8-6-10-16-9-5-7-13(16)18/h3-11H2,1-2H3,(H,14,17). The molecule has 0 radical (unpaired) electrons. The Labute approximate surface area is 110 Å². The van der Waals surface area contributed by atoms with Crippen LogP contribution in [0.1, 0.15) is 33.1 Å². The number of rotatable bonds is 8. The summed E-state index contributed by atoms with van der Waals surface area (Å²) in [6.07, 6.45) is 2.51. The Balaban J connectivity index is 2.06. The summed E-state index contributed by atoms with van der Waals surface area (Å²) in [6, 6.07) is 0. The fourth-order valence-corrected chi connectivity index (χ4v) is 2.14. The summed E-state index contributed by atoms with van der Waals surface area (Å²) >= 11 is 0. The molecule has 0 aromatic rings. The van der Waals surface area contributed by atoms with Crippen molar-refractivity contribution in [3.63, 3.8) is 0 Å². The van der Waals surface area contributed by atoms with Gasteiger partial charge in [0.25, 0.3) is 0 Å². The highest BCUT2D eigenvalue weighted by Gasteiger charge is 2.19. The Bertz CT molecular complexity index is 277. The van der Waals surface area contributed by atoms with Crippen molar-refractivity contribution >= 4 is 11.8 Å². The molecule has 0 atom stereocenters. The summed E-state index contributed by atoms with van der Waals surface area (Å²) in [5.74, 6) is 0.330. The Hall–Kier alpha value is -1.10. The molecule has 104 valence electrons. The zero-order chi connectivity index (χ0) is 13.4. The molecule has 0 aromatic heterocycles. The number of hydrogen-bond acceptors (Lipinski definition) is 3. The number of nitrogens with one attached hydrogen (secondary N) is 1. The van der Waals surface area contributed by atoms with E-state index in [-0.39, 0.29) is 11.8 Å². The largest absolute Gasteiger partial charge is 0.355 e. The van der Waals surface area contributed by atoms with Crippen LogP contribution >= 0.6 is 0 Å². The summed E-state index contributed by atoms with van der Waals surface area (Å²) in [5.41, 5.74) is 0. The van der Waals surface area contributed by atoms with E-state index in [9.17, 15) is 9.59 Å². The molecule has 2 amide bonds. The first kappa shape index (κ1) is 15.0. The van der Waals surface area contributed by atoms with Gasteiger partial charge in [-0.3, -0.25) is 14.5 Å². The molecule has 0 aromatic carbocycles. The van der Waals surface area contributed by atoms with E-state index in [1.165, 1.54) is 0 Å². The van der Waals surface area contributed by atoms with E-state index in [0.717, 1.165) is 39.0 Å². The highest BCUT2D eigenvalue weighted by Crippen LogP contribution is 2.09. The Morgan fingerprint density at radius 2 is 2.11 bits per heavy atom. The molecular weight excluding hydrogens is 230 g/mol. The molecule has 1 aliphatic heterocycles.